The molecule has 0 spiro atoms. The molecule has 0 aliphatic carbocycles. The number of nitriles is 1. The Morgan fingerprint density at radius 3 is 2.28 bits per heavy atom. The Morgan fingerprint density at radius 1 is 1.22 bits per heavy atom. The molecule has 2 heterocycles. The topological polar surface area (TPSA) is 43.2 Å². The van der Waals surface area contributed by atoms with Gasteiger partial charge in [-0.15, -0.1) is 11.3 Å². The molecule has 0 radical (unpaired) electrons. The maximum absolute atomic E-state index is 9.15. The highest BCUT2D eigenvalue weighted by molar-refractivity contribution is 7.15. The number of thiazole rings is 1. The van der Waals surface area contributed by atoms with Crippen molar-refractivity contribution in [1.29, 1.82) is 5.26 Å². The monoisotopic (exact) mass is 264 g/mol. The van der Waals surface area contributed by atoms with E-state index in [4.69, 9.17) is 5.26 Å². The average molecular weight is 264 g/mol. The highest BCUT2D eigenvalue weighted by Gasteiger charge is 2.30. The van der Waals surface area contributed by atoms with Crippen LogP contribution >= 0.6 is 11.3 Å². The number of rotatable bonds is 2. The van der Waals surface area contributed by atoms with Crippen LogP contribution in [0, 0.1) is 25.2 Å². The van der Waals surface area contributed by atoms with Crippen LogP contribution in [0.3, 0.4) is 0 Å². The molecule has 1 aromatic heterocycles. The number of aromatic nitrogens is 1. The molecule has 1 fully saturated rings. The Balaban J connectivity index is 2.01. The molecule has 0 atom stereocenters. The van der Waals surface area contributed by atoms with Gasteiger partial charge in [0, 0.05) is 31.1 Å². The molecule has 1 saturated heterocycles. The minimum absolute atomic E-state index is 0.360. The maximum atomic E-state index is 9.15. The maximum Gasteiger partial charge on any atom is 0.185 e. The van der Waals surface area contributed by atoms with Gasteiger partial charge in [0.25, 0.3) is 0 Å². The molecular formula is C13H20N4S. The Morgan fingerprint density at radius 2 is 1.83 bits per heavy atom. The van der Waals surface area contributed by atoms with E-state index in [2.05, 4.69) is 34.7 Å². The Bertz CT molecular complexity index is 444. The first kappa shape index (κ1) is 13.3. The zero-order chi connectivity index (χ0) is 13.3. The zero-order valence-electron chi connectivity index (χ0n) is 11.5. The second-order valence-corrected chi connectivity index (χ2v) is 6.46. The molecule has 1 aromatic rings. The summed E-state index contributed by atoms with van der Waals surface area (Å²) in [6.07, 6.45) is 0. The lowest BCUT2D eigenvalue weighted by Crippen LogP contribution is -2.54. The highest BCUT2D eigenvalue weighted by atomic mass is 32.1. The standard InChI is InChI=1S/C13H20N4S/c1-10-11(2)18-12(15-10)16-5-7-17(8-6-16)13(3,4)9-14/h5-8H2,1-4H3. The Hall–Kier alpha value is -1.12. The van der Waals surface area contributed by atoms with E-state index in [1.54, 1.807) is 11.3 Å². The van der Waals surface area contributed by atoms with E-state index in [0.29, 0.717) is 0 Å². The molecule has 4 nitrogen and oxygen atoms in total. The van der Waals surface area contributed by atoms with Crippen molar-refractivity contribution in [2.45, 2.75) is 33.2 Å². The van der Waals surface area contributed by atoms with Crippen LogP contribution in [0.4, 0.5) is 5.13 Å². The first-order chi connectivity index (χ1) is 8.44. The van der Waals surface area contributed by atoms with Crippen LogP contribution in [0.25, 0.3) is 0 Å². The molecule has 0 bridgehead atoms. The molecule has 1 aliphatic heterocycles. The minimum atomic E-state index is -0.360. The number of hydrogen-bond donors (Lipinski definition) is 0. The van der Waals surface area contributed by atoms with Gasteiger partial charge in [-0.1, -0.05) is 0 Å². The minimum Gasteiger partial charge on any atom is -0.346 e. The molecule has 0 saturated carbocycles. The van der Waals surface area contributed by atoms with Crippen LogP contribution < -0.4 is 4.90 Å². The number of piperazine rings is 1. The fourth-order valence-corrected chi connectivity index (χ4v) is 3.08. The van der Waals surface area contributed by atoms with Crippen molar-refractivity contribution >= 4 is 16.5 Å². The van der Waals surface area contributed by atoms with Gasteiger partial charge < -0.3 is 4.90 Å². The summed E-state index contributed by atoms with van der Waals surface area (Å²) in [5, 5.41) is 10.3. The van der Waals surface area contributed by atoms with Gasteiger partial charge in [0.15, 0.2) is 5.13 Å². The third-order valence-corrected chi connectivity index (χ3v) is 4.77. The third-order valence-electron chi connectivity index (χ3n) is 3.63. The van der Waals surface area contributed by atoms with E-state index in [1.807, 2.05) is 13.8 Å². The summed E-state index contributed by atoms with van der Waals surface area (Å²) in [4.78, 5) is 10.5. The van der Waals surface area contributed by atoms with Crippen LogP contribution in [0.1, 0.15) is 24.4 Å². The number of anilines is 1. The van der Waals surface area contributed by atoms with Crippen molar-refractivity contribution in [3.8, 4) is 6.07 Å². The number of hydrogen-bond acceptors (Lipinski definition) is 5. The van der Waals surface area contributed by atoms with Crippen LogP contribution in [0.15, 0.2) is 0 Å². The van der Waals surface area contributed by atoms with Gasteiger partial charge in [0.2, 0.25) is 0 Å². The van der Waals surface area contributed by atoms with Crippen LogP contribution in [0.5, 0.6) is 0 Å². The van der Waals surface area contributed by atoms with E-state index >= 15 is 0 Å². The fraction of sp³-hybridized carbons (Fsp3) is 0.692. The molecule has 0 amide bonds. The van der Waals surface area contributed by atoms with E-state index in [9.17, 15) is 0 Å². The van der Waals surface area contributed by atoms with Crippen molar-refractivity contribution in [1.82, 2.24) is 9.88 Å². The van der Waals surface area contributed by atoms with E-state index < -0.39 is 0 Å². The second-order valence-electron chi connectivity index (χ2n) is 5.28. The third kappa shape index (κ3) is 2.50. The normalized spacial score (nSPS) is 17.8. The predicted molar refractivity (Wildman–Crippen MR) is 75.1 cm³/mol. The first-order valence-electron chi connectivity index (χ1n) is 6.29. The summed E-state index contributed by atoms with van der Waals surface area (Å²) < 4.78 is 0. The molecule has 0 unspecified atom stereocenters. The smallest absolute Gasteiger partial charge is 0.185 e. The summed E-state index contributed by atoms with van der Waals surface area (Å²) in [5.74, 6) is 0. The van der Waals surface area contributed by atoms with Crippen molar-refractivity contribution in [3.05, 3.63) is 10.6 Å². The van der Waals surface area contributed by atoms with Crippen molar-refractivity contribution in [2.24, 2.45) is 0 Å². The van der Waals surface area contributed by atoms with Gasteiger partial charge in [-0.2, -0.15) is 5.26 Å². The Labute approximate surface area is 113 Å². The van der Waals surface area contributed by atoms with Crippen molar-refractivity contribution < 1.29 is 0 Å². The molecule has 1 aliphatic rings. The number of aryl methyl sites for hydroxylation is 2. The van der Waals surface area contributed by atoms with Gasteiger partial charge in [-0.25, -0.2) is 4.98 Å². The largest absolute Gasteiger partial charge is 0.346 e. The van der Waals surface area contributed by atoms with Crippen molar-refractivity contribution in [3.63, 3.8) is 0 Å². The molecule has 18 heavy (non-hydrogen) atoms. The fourth-order valence-electron chi connectivity index (χ4n) is 2.12. The zero-order valence-corrected chi connectivity index (χ0v) is 12.3. The van der Waals surface area contributed by atoms with Crippen LogP contribution in [-0.2, 0) is 0 Å². The molecular weight excluding hydrogens is 244 g/mol. The Kier molecular flexibility index (Phi) is 3.60. The van der Waals surface area contributed by atoms with Gasteiger partial charge in [0.1, 0.15) is 5.54 Å². The molecule has 0 aromatic carbocycles. The van der Waals surface area contributed by atoms with Gasteiger partial charge in [-0.05, 0) is 27.7 Å². The van der Waals surface area contributed by atoms with E-state index in [1.165, 1.54) is 4.88 Å². The van der Waals surface area contributed by atoms with Gasteiger partial charge >= 0.3 is 0 Å². The van der Waals surface area contributed by atoms with Gasteiger partial charge in [0.05, 0.1) is 11.8 Å². The number of nitrogens with zero attached hydrogens (tertiary/aromatic N) is 4. The van der Waals surface area contributed by atoms with Crippen LogP contribution in [-0.4, -0.2) is 41.6 Å². The van der Waals surface area contributed by atoms with E-state index in [-0.39, 0.29) is 5.54 Å². The van der Waals surface area contributed by atoms with E-state index in [0.717, 1.165) is 37.0 Å². The quantitative estimate of drug-likeness (QED) is 0.821. The second kappa shape index (κ2) is 4.87. The lowest BCUT2D eigenvalue weighted by Gasteiger charge is -2.40. The summed E-state index contributed by atoms with van der Waals surface area (Å²) in [6.45, 7) is 11.9. The molecule has 0 N–H and O–H groups in total. The highest BCUT2D eigenvalue weighted by Crippen LogP contribution is 2.27. The molecule has 98 valence electrons. The average Bonchev–Trinajstić information content (AvgIpc) is 2.70. The SMILES string of the molecule is Cc1nc(N2CCN(C(C)(C)C#N)CC2)sc1C. The lowest BCUT2D eigenvalue weighted by atomic mass is 10.0. The first-order valence-corrected chi connectivity index (χ1v) is 7.11. The summed E-state index contributed by atoms with van der Waals surface area (Å²) in [5.41, 5.74) is 0.774. The van der Waals surface area contributed by atoms with Crippen LogP contribution in [0.2, 0.25) is 0 Å². The van der Waals surface area contributed by atoms with Gasteiger partial charge in [-0.3, -0.25) is 4.90 Å². The summed E-state index contributed by atoms with van der Waals surface area (Å²) in [7, 11) is 0. The predicted octanol–water partition coefficient (Wildman–Crippen LogP) is 2.18. The molecule has 5 heteroatoms. The summed E-state index contributed by atoms with van der Waals surface area (Å²) in [6, 6.07) is 2.37. The van der Waals surface area contributed by atoms with Crippen molar-refractivity contribution in [2.75, 3.05) is 31.1 Å². The lowest BCUT2D eigenvalue weighted by molar-refractivity contribution is 0.158. The summed E-state index contributed by atoms with van der Waals surface area (Å²) >= 11 is 1.77. The molecule has 2 rings (SSSR count).